The number of hydrogen-bond acceptors (Lipinski definition) is 7. The van der Waals surface area contributed by atoms with Crippen LogP contribution in [0.5, 0.6) is 0 Å². The van der Waals surface area contributed by atoms with Gasteiger partial charge in [0.05, 0.1) is 12.7 Å². The molecule has 4 rings (SSSR count). The third-order valence-corrected chi connectivity index (χ3v) is 7.60. The summed E-state index contributed by atoms with van der Waals surface area (Å²) in [6, 6.07) is 13.9. The summed E-state index contributed by atoms with van der Waals surface area (Å²) in [5, 5.41) is 5.38. The first kappa shape index (κ1) is 25.0. The molecule has 35 heavy (non-hydrogen) atoms. The van der Waals surface area contributed by atoms with E-state index in [1.807, 2.05) is 56.3 Å². The fourth-order valence-electron chi connectivity index (χ4n) is 5.09. The van der Waals surface area contributed by atoms with Crippen molar-refractivity contribution in [3.8, 4) is 0 Å². The van der Waals surface area contributed by atoms with E-state index in [0.717, 1.165) is 27.8 Å². The molecule has 1 heterocycles. The van der Waals surface area contributed by atoms with Crippen LogP contribution in [-0.4, -0.2) is 42.9 Å². The Morgan fingerprint density at radius 1 is 1.14 bits per heavy atom. The molecule has 0 saturated heterocycles. The standard InChI is InChI=1S/C28H31NO5S/c1-5-35-13-12-34-28(32)23-17(3)29-21-14-16(2)22(27(31)33-4)26(30)25(21)24(23)20-11-10-18-8-6-7-9-19(18)15-20/h6-11,15-16,22,24,29H,5,12-14H2,1-4H3/t16-,22+,24-/m1/s1. The summed E-state index contributed by atoms with van der Waals surface area (Å²) in [7, 11) is 1.30. The van der Waals surface area contributed by atoms with Crippen molar-refractivity contribution in [3.05, 3.63) is 70.6 Å². The summed E-state index contributed by atoms with van der Waals surface area (Å²) in [5.41, 5.74) is 3.11. The quantitative estimate of drug-likeness (QED) is 0.339. The van der Waals surface area contributed by atoms with Gasteiger partial charge in [-0.1, -0.05) is 56.3 Å². The van der Waals surface area contributed by atoms with Gasteiger partial charge in [0.2, 0.25) is 0 Å². The molecule has 1 N–H and O–H groups in total. The maximum Gasteiger partial charge on any atom is 0.336 e. The van der Waals surface area contributed by atoms with Crippen molar-refractivity contribution in [1.29, 1.82) is 0 Å². The van der Waals surface area contributed by atoms with Crippen LogP contribution in [0.1, 0.15) is 38.7 Å². The number of ketones is 1. The summed E-state index contributed by atoms with van der Waals surface area (Å²) in [4.78, 5) is 39.8. The van der Waals surface area contributed by atoms with Crippen LogP contribution in [0.2, 0.25) is 0 Å². The SMILES string of the molecule is CCSCCOC(=O)C1=C(C)NC2=C(C(=O)[C@@H](C(=O)OC)[C@H](C)C2)[C@@H]1c1ccc2ccccc2c1. The highest BCUT2D eigenvalue weighted by Gasteiger charge is 2.47. The average Bonchev–Trinajstić information content (AvgIpc) is 2.85. The fourth-order valence-corrected chi connectivity index (χ4v) is 5.58. The number of hydrogen-bond donors (Lipinski definition) is 1. The molecule has 0 spiro atoms. The van der Waals surface area contributed by atoms with Gasteiger partial charge in [-0.3, -0.25) is 9.59 Å². The predicted molar refractivity (Wildman–Crippen MR) is 138 cm³/mol. The predicted octanol–water partition coefficient (Wildman–Crippen LogP) is 4.75. The minimum atomic E-state index is -0.903. The van der Waals surface area contributed by atoms with Crippen LogP contribution in [0.15, 0.2) is 65.0 Å². The summed E-state index contributed by atoms with van der Waals surface area (Å²) < 4.78 is 10.6. The van der Waals surface area contributed by atoms with E-state index < -0.39 is 23.8 Å². The number of carbonyl (C=O) groups excluding carboxylic acids is 3. The number of benzene rings is 2. The Bertz CT molecular complexity index is 1230. The molecule has 0 saturated carbocycles. The largest absolute Gasteiger partial charge is 0.468 e. The van der Waals surface area contributed by atoms with Crippen LogP contribution < -0.4 is 5.32 Å². The third-order valence-electron chi connectivity index (χ3n) is 6.73. The van der Waals surface area contributed by atoms with E-state index in [0.29, 0.717) is 35.6 Å². The van der Waals surface area contributed by atoms with Gasteiger partial charge in [0.1, 0.15) is 12.5 Å². The van der Waals surface area contributed by atoms with E-state index in [1.165, 1.54) is 7.11 Å². The van der Waals surface area contributed by atoms with Crippen molar-refractivity contribution in [2.24, 2.45) is 11.8 Å². The Hall–Kier alpha value is -3.06. The summed E-state index contributed by atoms with van der Waals surface area (Å²) in [6.07, 6.45) is 0.512. The maximum atomic E-state index is 13.8. The number of rotatable bonds is 7. The molecule has 7 heteroatoms. The van der Waals surface area contributed by atoms with E-state index in [9.17, 15) is 14.4 Å². The average molecular weight is 494 g/mol. The molecular weight excluding hydrogens is 462 g/mol. The van der Waals surface area contributed by atoms with E-state index in [1.54, 1.807) is 11.8 Å². The molecule has 0 fully saturated rings. The van der Waals surface area contributed by atoms with Gasteiger partial charge in [0, 0.05) is 28.6 Å². The van der Waals surface area contributed by atoms with Gasteiger partial charge in [0.15, 0.2) is 5.78 Å². The third kappa shape index (κ3) is 4.87. The van der Waals surface area contributed by atoms with Crippen LogP contribution in [-0.2, 0) is 23.9 Å². The second kappa shape index (κ2) is 10.7. The number of ether oxygens (including phenoxy) is 2. The number of nitrogens with one attached hydrogen (secondary N) is 1. The lowest BCUT2D eigenvalue weighted by Crippen LogP contribution is -2.43. The Morgan fingerprint density at radius 2 is 1.89 bits per heavy atom. The molecule has 0 unspecified atom stereocenters. The lowest BCUT2D eigenvalue weighted by Gasteiger charge is -2.38. The highest BCUT2D eigenvalue weighted by molar-refractivity contribution is 7.99. The molecule has 2 aromatic rings. The lowest BCUT2D eigenvalue weighted by molar-refractivity contribution is -0.151. The minimum Gasteiger partial charge on any atom is -0.468 e. The molecule has 0 bridgehead atoms. The van der Waals surface area contributed by atoms with Gasteiger partial charge < -0.3 is 14.8 Å². The molecule has 1 aliphatic heterocycles. The molecule has 3 atom stereocenters. The highest BCUT2D eigenvalue weighted by atomic mass is 32.2. The Labute approximate surface area is 210 Å². The number of dihydropyridines is 1. The second-order valence-corrected chi connectivity index (χ2v) is 10.4. The molecule has 184 valence electrons. The van der Waals surface area contributed by atoms with Crippen LogP contribution >= 0.6 is 11.8 Å². The van der Waals surface area contributed by atoms with Gasteiger partial charge in [-0.15, -0.1) is 0 Å². The van der Waals surface area contributed by atoms with Crippen molar-refractivity contribution < 1.29 is 23.9 Å². The summed E-state index contributed by atoms with van der Waals surface area (Å²) in [5.74, 6) is -1.39. The molecule has 2 aliphatic rings. The van der Waals surface area contributed by atoms with Crippen molar-refractivity contribution in [2.45, 2.75) is 33.1 Å². The van der Waals surface area contributed by atoms with E-state index in [4.69, 9.17) is 9.47 Å². The second-order valence-electron chi connectivity index (χ2n) is 8.97. The monoisotopic (exact) mass is 493 g/mol. The molecule has 1 aliphatic carbocycles. The van der Waals surface area contributed by atoms with Gasteiger partial charge in [-0.05, 0) is 41.4 Å². The van der Waals surface area contributed by atoms with Gasteiger partial charge >= 0.3 is 11.9 Å². The van der Waals surface area contributed by atoms with Crippen LogP contribution in [0.4, 0.5) is 0 Å². The smallest absolute Gasteiger partial charge is 0.336 e. The first-order valence-electron chi connectivity index (χ1n) is 11.9. The van der Waals surface area contributed by atoms with Crippen molar-refractivity contribution in [2.75, 3.05) is 25.2 Å². The number of fused-ring (bicyclic) bond motifs is 1. The van der Waals surface area contributed by atoms with E-state index >= 15 is 0 Å². The Balaban J connectivity index is 1.82. The molecule has 2 aromatic carbocycles. The van der Waals surface area contributed by atoms with Crippen LogP contribution in [0.25, 0.3) is 10.8 Å². The number of Topliss-reactive ketones (excluding diaryl/α,β-unsaturated/α-hetero) is 1. The number of thioether (sulfide) groups is 1. The van der Waals surface area contributed by atoms with Crippen LogP contribution in [0, 0.1) is 11.8 Å². The van der Waals surface area contributed by atoms with Gasteiger partial charge in [-0.25, -0.2) is 4.79 Å². The summed E-state index contributed by atoms with van der Waals surface area (Å²) in [6.45, 7) is 6.07. The normalized spacial score (nSPS) is 22.1. The highest BCUT2D eigenvalue weighted by Crippen LogP contribution is 2.45. The van der Waals surface area contributed by atoms with Gasteiger partial charge in [-0.2, -0.15) is 11.8 Å². The molecule has 0 aromatic heterocycles. The van der Waals surface area contributed by atoms with Crippen molar-refractivity contribution in [3.63, 3.8) is 0 Å². The lowest BCUT2D eigenvalue weighted by atomic mass is 9.69. The molecule has 6 nitrogen and oxygen atoms in total. The number of carbonyl (C=O) groups is 3. The van der Waals surface area contributed by atoms with Crippen molar-refractivity contribution in [1.82, 2.24) is 5.32 Å². The minimum absolute atomic E-state index is 0.217. The Kier molecular flexibility index (Phi) is 7.65. The van der Waals surface area contributed by atoms with E-state index in [2.05, 4.69) is 12.2 Å². The van der Waals surface area contributed by atoms with E-state index in [-0.39, 0.29) is 11.7 Å². The zero-order valence-electron chi connectivity index (χ0n) is 20.6. The molecular formula is C28H31NO5S. The van der Waals surface area contributed by atoms with Gasteiger partial charge in [0.25, 0.3) is 0 Å². The number of esters is 2. The maximum absolute atomic E-state index is 13.8. The zero-order chi connectivity index (χ0) is 25.1. The zero-order valence-corrected chi connectivity index (χ0v) is 21.4. The summed E-state index contributed by atoms with van der Waals surface area (Å²) >= 11 is 1.70. The van der Waals surface area contributed by atoms with Crippen molar-refractivity contribution >= 4 is 40.3 Å². The first-order valence-corrected chi connectivity index (χ1v) is 13.1. The first-order chi connectivity index (χ1) is 16.9. The fraction of sp³-hybridized carbons (Fsp3) is 0.393. The molecule has 0 radical (unpaired) electrons. The van der Waals surface area contributed by atoms with Crippen LogP contribution in [0.3, 0.4) is 0 Å². The topological polar surface area (TPSA) is 81.7 Å². The Morgan fingerprint density at radius 3 is 2.60 bits per heavy atom. The number of allylic oxidation sites excluding steroid dienone is 3. The number of methoxy groups -OCH3 is 1. The molecule has 0 amide bonds.